The molecule has 1 saturated heterocycles. The Labute approximate surface area is 115 Å². The maximum absolute atomic E-state index is 12.6. The molecule has 2 unspecified atom stereocenters. The molecule has 2 rings (SSSR count). The third-order valence-corrected chi connectivity index (χ3v) is 4.79. The lowest BCUT2D eigenvalue weighted by Gasteiger charge is -2.41. The average Bonchev–Trinajstić information content (AvgIpc) is 3.14. The molecule has 0 aromatic rings. The van der Waals surface area contributed by atoms with Crippen molar-refractivity contribution in [2.24, 2.45) is 11.3 Å². The minimum atomic E-state index is -0.344. The normalized spacial score (nSPS) is 29.6. The van der Waals surface area contributed by atoms with Gasteiger partial charge in [0.1, 0.15) is 12.1 Å². The summed E-state index contributed by atoms with van der Waals surface area (Å²) >= 11 is 0. The summed E-state index contributed by atoms with van der Waals surface area (Å²) in [5.74, 6) is 0.280. The van der Waals surface area contributed by atoms with Gasteiger partial charge in [-0.05, 0) is 37.0 Å². The lowest BCUT2D eigenvalue weighted by Crippen LogP contribution is -2.65. The molecule has 4 nitrogen and oxygen atoms in total. The van der Waals surface area contributed by atoms with Gasteiger partial charge < -0.3 is 10.2 Å². The highest BCUT2D eigenvalue weighted by Gasteiger charge is 2.48. The zero-order chi connectivity index (χ0) is 14.2. The Balaban J connectivity index is 2.19. The highest BCUT2D eigenvalue weighted by atomic mass is 16.2. The number of carbonyl (C=O) groups is 2. The summed E-state index contributed by atoms with van der Waals surface area (Å²) < 4.78 is 0. The largest absolute Gasteiger partial charge is 0.342 e. The highest BCUT2D eigenvalue weighted by molar-refractivity contribution is 5.97. The van der Waals surface area contributed by atoms with Crippen LogP contribution in [0.15, 0.2) is 0 Å². The Hall–Kier alpha value is -1.06. The van der Waals surface area contributed by atoms with E-state index >= 15 is 0 Å². The first kappa shape index (κ1) is 14.4. The highest BCUT2D eigenvalue weighted by Crippen LogP contribution is 2.49. The lowest BCUT2D eigenvalue weighted by atomic mass is 9.94. The standard InChI is InChI=1S/C15H26N2O2/c1-5-11-13(18)16-12(10(3)4)14(19)17(11)9-15(6-2)7-8-15/h10-12H,5-9H2,1-4H3,(H,16,18). The number of hydrogen-bond donors (Lipinski definition) is 1. The Morgan fingerprint density at radius 1 is 1.32 bits per heavy atom. The molecule has 2 aliphatic rings. The van der Waals surface area contributed by atoms with E-state index in [4.69, 9.17) is 0 Å². The third kappa shape index (κ3) is 2.63. The second kappa shape index (κ2) is 5.14. The first-order valence-electron chi connectivity index (χ1n) is 7.55. The minimum absolute atomic E-state index is 0.0210. The number of rotatable bonds is 5. The van der Waals surface area contributed by atoms with Crippen molar-refractivity contribution in [1.29, 1.82) is 0 Å². The lowest BCUT2D eigenvalue weighted by molar-refractivity contribution is -0.151. The van der Waals surface area contributed by atoms with E-state index in [2.05, 4.69) is 12.2 Å². The number of piperazine rings is 1. The molecule has 0 bridgehead atoms. The van der Waals surface area contributed by atoms with Gasteiger partial charge in [-0.15, -0.1) is 0 Å². The van der Waals surface area contributed by atoms with Crippen LogP contribution in [-0.2, 0) is 9.59 Å². The van der Waals surface area contributed by atoms with Crippen molar-refractivity contribution in [2.45, 2.75) is 65.5 Å². The summed E-state index contributed by atoms with van der Waals surface area (Å²) in [7, 11) is 0. The maximum atomic E-state index is 12.6. The minimum Gasteiger partial charge on any atom is -0.342 e. The third-order valence-electron chi connectivity index (χ3n) is 4.79. The molecule has 1 N–H and O–H groups in total. The van der Waals surface area contributed by atoms with Gasteiger partial charge in [0.05, 0.1) is 0 Å². The molecule has 1 heterocycles. The van der Waals surface area contributed by atoms with E-state index in [1.807, 2.05) is 25.7 Å². The van der Waals surface area contributed by atoms with E-state index in [9.17, 15) is 9.59 Å². The van der Waals surface area contributed by atoms with Gasteiger partial charge in [0.25, 0.3) is 0 Å². The van der Waals surface area contributed by atoms with E-state index in [0.717, 1.165) is 13.0 Å². The number of nitrogens with zero attached hydrogens (tertiary/aromatic N) is 1. The summed E-state index contributed by atoms with van der Waals surface area (Å²) in [6.45, 7) is 8.89. The topological polar surface area (TPSA) is 49.4 Å². The van der Waals surface area contributed by atoms with Gasteiger partial charge >= 0.3 is 0 Å². The molecule has 108 valence electrons. The van der Waals surface area contributed by atoms with Crippen molar-refractivity contribution >= 4 is 11.8 Å². The Morgan fingerprint density at radius 2 is 1.95 bits per heavy atom. The van der Waals surface area contributed by atoms with Crippen molar-refractivity contribution in [1.82, 2.24) is 10.2 Å². The van der Waals surface area contributed by atoms with Crippen LogP contribution in [0.4, 0.5) is 0 Å². The van der Waals surface area contributed by atoms with Crippen LogP contribution < -0.4 is 5.32 Å². The summed E-state index contributed by atoms with van der Waals surface area (Å²) in [5, 5.41) is 2.89. The van der Waals surface area contributed by atoms with E-state index in [1.165, 1.54) is 12.8 Å². The van der Waals surface area contributed by atoms with Gasteiger partial charge in [-0.25, -0.2) is 0 Å². The molecule has 2 fully saturated rings. The van der Waals surface area contributed by atoms with Gasteiger partial charge in [0, 0.05) is 6.54 Å². The van der Waals surface area contributed by atoms with E-state index in [-0.39, 0.29) is 29.8 Å². The predicted molar refractivity (Wildman–Crippen MR) is 74.5 cm³/mol. The van der Waals surface area contributed by atoms with Crippen LogP contribution in [0, 0.1) is 11.3 Å². The van der Waals surface area contributed by atoms with Crippen molar-refractivity contribution in [3.8, 4) is 0 Å². The van der Waals surface area contributed by atoms with Crippen molar-refractivity contribution < 1.29 is 9.59 Å². The van der Waals surface area contributed by atoms with E-state index in [0.29, 0.717) is 11.8 Å². The molecule has 1 aliphatic heterocycles. The zero-order valence-corrected chi connectivity index (χ0v) is 12.5. The predicted octanol–water partition coefficient (Wildman–Crippen LogP) is 1.94. The zero-order valence-electron chi connectivity index (χ0n) is 12.5. The summed E-state index contributed by atoms with van der Waals surface area (Å²) in [6, 6.07) is -0.616. The van der Waals surface area contributed by atoms with Gasteiger partial charge in [-0.2, -0.15) is 0 Å². The second-order valence-corrected chi connectivity index (χ2v) is 6.47. The van der Waals surface area contributed by atoms with Crippen LogP contribution in [-0.4, -0.2) is 35.3 Å². The average molecular weight is 266 g/mol. The van der Waals surface area contributed by atoms with E-state index < -0.39 is 0 Å². The SMILES string of the molecule is CCC1C(=O)NC(C(C)C)C(=O)N1CC1(CC)CC1. The number of nitrogens with one attached hydrogen (secondary N) is 1. The van der Waals surface area contributed by atoms with Crippen LogP contribution in [0.25, 0.3) is 0 Å². The molecular formula is C15H26N2O2. The molecule has 0 aromatic carbocycles. The molecular weight excluding hydrogens is 240 g/mol. The summed E-state index contributed by atoms with van der Waals surface area (Å²) in [4.78, 5) is 26.7. The first-order valence-corrected chi connectivity index (χ1v) is 7.55. The Bertz CT molecular complexity index is 374. The van der Waals surface area contributed by atoms with Crippen LogP contribution in [0.2, 0.25) is 0 Å². The molecule has 1 aliphatic carbocycles. The fraction of sp³-hybridized carbons (Fsp3) is 0.867. The Morgan fingerprint density at radius 3 is 2.37 bits per heavy atom. The fourth-order valence-electron chi connectivity index (χ4n) is 2.99. The number of hydrogen-bond acceptors (Lipinski definition) is 2. The van der Waals surface area contributed by atoms with Crippen molar-refractivity contribution in [2.75, 3.05) is 6.54 Å². The quantitative estimate of drug-likeness (QED) is 0.826. The van der Waals surface area contributed by atoms with E-state index in [1.54, 1.807) is 0 Å². The van der Waals surface area contributed by atoms with Crippen molar-refractivity contribution in [3.05, 3.63) is 0 Å². The molecule has 0 spiro atoms. The molecule has 0 aromatic heterocycles. The second-order valence-electron chi connectivity index (χ2n) is 6.47. The van der Waals surface area contributed by atoms with Gasteiger partial charge in [0.15, 0.2) is 0 Å². The summed E-state index contributed by atoms with van der Waals surface area (Å²) in [5.41, 5.74) is 0.294. The molecule has 19 heavy (non-hydrogen) atoms. The smallest absolute Gasteiger partial charge is 0.246 e. The molecule has 0 radical (unpaired) electrons. The maximum Gasteiger partial charge on any atom is 0.246 e. The molecule has 2 atom stereocenters. The Kier molecular flexibility index (Phi) is 3.88. The van der Waals surface area contributed by atoms with Crippen LogP contribution in [0.3, 0.4) is 0 Å². The monoisotopic (exact) mass is 266 g/mol. The van der Waals surface area contributed by atoms with Crippen molar-refractivity contribution in [3.63, 3.8) is 0 Å². The number of amides is 2. The van der Waals surface area contributed by atoms with Crippen LogP contribution in [0.1, 0.15) is 53.4 Å². The first-order chi connectivity index (χ1) is 8.94. The summed E-state index contributed by atoms with van der Waals surface area (Å²) in [6.07, 6.45) is 4.18. The molecule has 2 amide bonds. The molecule has 1 saturated carbocycles. The van der Waals surface area contributed by atoms with Gasteiger partial charge in [-0.1, -0.05) is 27.7 Å². The molecule has 4 heteroatoms. The van der Waals surface area contributed by atoms with Crippen LogP contribution in [0.5, 0.6) is 0 Å². The van der Waals surface area contributed by atoms with Gasteiger partial charge in [0.2, 0.25) is 11.8 Å². The van der Waals surface area contributed by atoms with Gasteiger partial charge in [-0.3, -0.25) is 9.59 Å². The fourth-order valence-corrected chi connectivity index (χ4v) is 2.99. The van der Waals surface area contributed by atoms with Crippen LogP contribution >= 0.6 is 0 Å². The number of carbonyl (C=O) groups excluding carboxylic acids is 2.